The van der Waals surface area contributed by atoms with Gasteiger partial charge in [0.15, 0.2) is 0 Å². The first kappa shape index (κ1) is 9.42. The summed E-state index contributed by atoms with van der Waals surface area (Å²) in [4.78, 5) is 0. The molecule has 0 rings (SSSR count). The lowest BCUT2D eigenvalue weighted by atomic mass is 10.5. The second-order valence-corrected chi connectivity index (χ2v) is 6.92. The lowest BCUT2D eigenvalue weighted by Crippen LogP contribution is -2.15. The van der Waals surface area contributed by atoms with Gasteiger partial charge < -0.3 is 5.32 Å². The van der Waals surface area contributed by atoms with E-state index < -0.39 is 0 Å². The molecule has 0 amide bonds. The minimum atomic E-state index is 0.782. The largest absolute Gasteiger partial charge is 0.317 e. The van der Waals surface area contributed by atoms with Crippen LogP contribution in [0, 0.1) is 0 Å². The average molecular weight is 339 g/mol. The highest BCUT2D eigenvalue weighted by Crippen LogP contribution is 2.12. The van der Waals surface area contributed by atoms with Crippen LogP contribution in [0.5, 0.6) is 0 Å². The first-order valence-corrected chi connectivity index (χ1v) is 5.25. The number of hydrogen-bond donors (Lipinski definition) is 1. The Bertz CT molecular complexity index is 47.7. The number of rotatable bonds is 4. The van der Waals surface area contributed by atoms with E-state index in [9.17, 15) is 0 Å². The van der Waals surface area contributed by atoms with Crippen LogP contribution in [0.15, 0.2) is 0 Å². The van der Waals surface area contributed by atoms with Gasteiger partial charge >= 0.3 is 0 Å². The monoisotopic (exact) mass is 339 g/mol. The van der Waals surface area contributed by atoms with Gasteiger partial charge in [-0.15, -0.1) is 0 Å². The first-order chi connectivity index (χ1) is 3.77. The SMILES string of the molecule is CCNCCC(I)I. The molecule has 1 N–H and O–H groups in total. The second-order valence-electron chi connectivity index (χ2n) is 1.53. The summed E-state index contributed by atoms with van der Waals surface area (Å²) in [5, 5.41) is 3.27. The highest BCUT2D eigenvalue weighted by atomic mass is 127. The van der Waals surface area contributed by atoms with Crippen LogP contribution in [0.25, 0.3) is 0 Å². The van der Waals surface area contributed by atoms with Gasteiger partial charge in [0, 0.05) is 0 Å². The maximum absolute atomic E-state index is 3.27. The third-order valence-electron chi connectivity index (χ3n) is 0.789. The molecule has 0 atom stereocenters. The first-order valence-electron chi connectivity index (χ1n) is 2.76. The van der Waals surface area contributed by atoms with Crippen molar-refractivity contribution in [1.82, 2.24) is 5.32 Å². The number of alkyl halides is 2. The van der Waals surface area contributed by atoms with Crippen LogP contribution in [0.2, 0.25) is 0 Å². The predicted molar refractivity (Wildman–Crippen MR) is 55.0 cm³/mol. The molecule has 1 nitrogen and oxygen atoms in total. The maximum atomic E-state index is 3.27. The minimum Gasteiger partial charge on any atom is -0.317 e. The number of hydrogen-bond acceptors (Lipinski definition) is 1. The van der Waals surface area contributed by atoms with Crippen LogP contribution >= 0.6 is 45.2 Å². The predicted octanol–water partition coefficient (Wildman–Crippen LogP) is 2.18. The van der Waals surface area contributed by atoms with Crippen LogP contribution in [0.4, 0.5) is 0 Å². The highest BCUT2D eigenvalue weighted by Gasteiger charge is 1.93. The third-order valence-corrected chi connectivity index (χ3v) is 2.03. The van der Waals surface area contributed by atoms with E-state index >= 15 is 0 Å². The van der Waals surface area contributed by atoms with Crippen molar-refractivity contribution in [2.75, 3.05) is 13.1 Å². The van der Waals surface area contributed by atoms with E-state index in [-0.39, 0.29) is 0 Å². The van der Waals surface area contributed by atoms with Crippen molar-refractivity contribution < 1.29 is 0 Å². The molecule has 0 radical (unpaired) electrons. The van der Waals surface area contributed by atoms with Gasteiger partial charge in [-0.2, -0.15) is 0 Å². The van der Waals surface area contributed by atoms with Crippen molar-refractivity contribution in [3.05, 3.63) is 0 Å². The number of nitrogens with one attached hydrogen (secondary N) is 1. The average Bonchev–Trinajstić information content (AvgIpc) is 1.66. The Balaban J connectivity index is 2.72. The summed E-state index contributed by atoms with van der Waals surface area (Å²) in [6.07, 6.45) is 1.27. The Labute approximate surface area is 78.3 Å². The normalized spacial score (nSPS) is 10.5. The Morgan fingerprint density at radius 2 is 2.12 bits per heavy atom. The molecule has 0 aliphatic rings. The molecule has 0 heterocycles. The molecule has 0 aromatic heterocycles. The summed E-state index contributed by atoms with van der Waals surface area (Å²) in [6, 6.07) is 0. The zero-order chi connectivity index (χ0) is 6.41. The van der Waals surface area contributed by atoms with Crippen molar-refractivity contribution in [1.29, 1.82) is 0 Å². The van der Waals surface area contributed by atoms with Gasteiger partial charge in [0.25, 0.3) is 0 Å². The fourth-order valence-electron chi connectivity index (χ4n) is 0.388. The molecular weight excluding hydrogens is 328 g/mol. The Hall–Kier alpha value is 1.42. The molecule has 0 saturated carbocycles. The van der Waals surface area contributed by atoms with Crippen molar-refractivity contribution in [3.63, 3.8) is 0 Å². The molecule has 0 aromatic carbocycles. The summed E-state index contributed by atoms with van der Waals surface area (Å²) in [6.45, 7) is 4.39. The lowest BCUT2D eigenvalue weighted by Gasteiger charge is -2.00. The van der Waals surface area contributed by atoms with Gasteiger partial charge in [-0.3, -0.25) is 0 Å². The van der Waals surface area contributed by atoms with E-state index in [1.807, 2.05) is 0 Å². The molecule has 0 aliphatic carbocycles. The van der Waals surface area contributed by atoms with E-state index in [0.717, 1.165) is 15.0 Å². The van der Waals surface area contributed by atoms with Gasteiger partial charge in [0.05, 0.1) is 1.93 Å². The van der Waals surface area contributed by atoms with Gasteiger partial charge in [-0.05, 0) is 19.5 Å². The zero-order valence-electron chi connectivity index (χ0n) is 4.95. The topological polar surface area (TPSA) is 12.0 Å². The van der Waals surface area contributed by atoms with Crippen LogP contribution in [0.1, 0.15) is 13.3 Å². The fraction of sp³-hybridized carbons (Fsp3) is 1.00. The smallest absolute Gasteiger partial charge is 0.0638 e. The molecule has 0 aliphatic heterocycles. The van der Waals surface area contributed by atoms with E-state index in [0.29, 0.717) is 0 Å². The molecule has 0 aromatic rings. The molecule has 50 valence electrons. The Morgan fingerprint density at radius 1 is 1.50 bits per heavy atom. The molecule has 0 unspecified atom stereocenters. The second kappa shape index (κ2) is 6.54. The fourth-order valence-corrected chi connectivity index (χ4v) is 1.01. The summed E-state index contributed by atoms with van der Waals surface area (Å²) in [5.41, 5.74) is 0. The number of halogens is 2. The lowest BCUT2D eigenvalue weighted by molar-refractivity contribution is 0.707. The standard InChI is InChI=1S/C5H11I2N/c1-2-8-4-3-5(6)7/h5,8H,2-4H2,1H3. The van der Waals surface area contributed by atoms with Crippen molar-refractivity contribution in [3.8, 4) is 0 Å². The molecular formula is C5H11I2N. The van der Waals surface area contributed by atoms with Crippen LogP contribution in [-0.4, -0.2) is 15.0 Å². The summed E-state index contributed by atoms with van der Waals surface area (Å²) in [5.74, 6) is 0. The van der Waals surface area contributed by atoms with Crippen LogP contribution in [-0.2, 0) is 0 Å². The summed E-state index contributed by atoms with van der Waals surface area (Å²) >= 11 is 4.86. The van der Waals surface area contributed by atoms with Gasteiger partial charge in [-0.1, -0.05) is 52.1 Å². The van der Waals surface area contributed by atoms with Gasteiger partial charge in [-0.25, -0.2) is 0 Å². The molecule has 0 bridgehead atoms. The highest BCUT2D eigenvalue weighted by molar-refractivity contribution is 14.2. The van der Waals surface area contributed by atoms with Gasteiger partial charge in [0.1, 0.15) is 0 Å². The van der Waals surface area contributed by atoms with E-state index in [2.05, 4.69) is 57.4 Å². The molecule has 0 spiro atoms. The van der Waals surface area contributed by atoms with Crippen LogP contribution in [0.3, 0.4) is 0 Å². The third kappa shape index (κ3) is 7.42. The minimum absolute atomic E-state index is 0.782. The summed E-state index contributed by atoms with van der Waals surface area (Å²) < 4.78 is 0.782. The molecule has 0 fully saturated rings. The van der Waals surface area contributed by atoms with Crippen molar-refractivity contribution in [2.45, 2.75) is 15.3 Å². The molecule has 3 heteroatoms. The van der Waals surface area contributed by atoms with Crippen molar-refractivity contribution >= 4 is 45.2 Å². The maximum Gasteiger partial charge on any atom is 0.0638 e. The summed E-state index contributed by atoms with van der Waals surface area (Å²) in [7, 11) is 0. The van der Waals surface area contributed by atoms with Crippen molar-refractivity contribution in [2.24, 2.45) is 0 Å². The Kier molecular flexibility index (Phi) is 7.70. The molecule has 8 heavy (non-hydrogen) atoms. The van der Waals surface area contributed by atoms with E-state index in [1.54, 1.807) is 0 Å². The van der Waals surface area contributed by atoms with E-state index in [1.165, 1.54) is 6.42 Å². The zero-order valence-corrected chi connectivity index (χ0v) is 9.27. The van der Waals surface area contributed by atoms with E-state index in [4.69, 9.17) is 0 Å². The quantitative estimate of drug-likeness (QED) is 0.470. The van der Waals surface area contributed by atoms with Crippen LogP contribution < -0.4 is 5.32 Å². The van der Waals surface area contributed by atoms with Gasteiger partial charge in [0.2, 0.25) is 0 Å². The Morgan fingerprint density at radius 3 is 2.50 bits per heavy atom. The molecule has 0 saturated heterocycles.